The zero-order chi connectivity index (χ0) is 18.5. The van der Waals surface area contributed by atoms with Crippen LogP contribution >= 0.6 is 22.7 Å². The third-order valence-corrected chi connectivity index (χ3v) is 5.15. The molecule has 0 aliphatic carbocycles. The molecule has 0 aliphatic heterocycles. The van der Waals surface area contributed by atoms with E-state index in [0.29, 0.717) is 28.5 Å². The Balaban J connectivity index is 1.68. The highest BCUT2D eigenvalue weighted by atomic mass is 32.1. The molecular weight excluding hydrogens is 372 g/mol. The van der Waals surface area contributed by atoms with Crippen molar-refractivity contribution in [1.29, 1.82) is 0 Å². The summed E-state index contributed by atoms with van der Waals surface area (Å²) in [4.78, 5) is 28.9. The van der Waals surface area contributed by atoms with Crippen molar-refractivity contribution in [3.05, 3.63) is 62.2 Å². The van der Waals surface area contributed by atoms with Crippen molar-refractivity contribution in [3.63, 3.8) is 0 Å². The van der Waals surface area contributed by atoms with E-state index in [1.165, 1.54) is 18.4 Å². The predicted octanol–water partition coefficient (Wildman–Crippen LogP) is 4.13. The first-order valence-corrected chi connectivity index (χ1v) is 9.44. The topological polar surface area (TPSA) is 77.5 Å². The van der Waals surface area contributed by atoms with Gasteiger partial charge in [-0.3, -0.25) is 4.79 Å². The Kier molecular flexibility index (Phi) is 5.65. The molecule has 3 aromatic rings. The molecule has 0 atom stereocenters. The highest BCUT2D eigenvalue weighted by Crippen LogP contribution is 2.24. The molecule has 1 aromatic carbocycles. The highest BCUT2D eigenvalue weighted by Gasteiger charge is 2.16. The molecule has 3 rings (SSSR count). The molecule has 0 radical (unpaired) electrons. The summed E-state index contributed by atoms with van der Waals surface area (Å²) in [6.45, 7) is 2.28. The maximum atomic E-state index is 12.5. The zero-order valence-corrected chi connectivity index (χ0v) is 15.8. The third kappa shape index (κ3) is 4.27. The average molecular weight is 388 g/mol. The van der Waals surface area contributed by atoms with Gasteiger partial charge in [-0.2, -0.15) is 0 Å². The smallest absolute Gasteiger partial charge is 0.350 e. The molecule has 134 valence electrons. The summed E-state index contributed by atoms with van der Waals surface area (Å²) in [6, 6.07) is 8.52. The second-order valence-corrected chi connectivity index (χ2v) is 7.26. The molecule has 2 heterocycles. The van der Waals surface area contributed by atoms with Gasteiger partial charge in [-0.05, 0) is 36.6 Å². The Morgan fingerprint density at radius 3 is 2.81 bits per heavy atom. The van der Waals surface area contributed by atoms with Crippen molar-refractivity contribution in [2.45, 2.75) is 13.5 Å². The van der Waals surface area contributed by atoms with E-state index in [1.807, 2.05) is 12.3 Å². The lowest BCUT2D eigenvalue weighted by Gasteiger charge is -2.08. The normalized spacial score (nSPS) is 10.4. The highest BCUT2D eigenvalue weighted by molar-refractivity contribution is 7.12. The Bertz CT molecular complexity index is 933. The van der Waals surface area contributed by atoms with Crippen molar-refractivity contribution in [2.24, 2.45) is 0 Å². The van der Waals surface area contributed by atoms with Crippen LogP contribution in [0.3, 0.4) is 0 Å². The van der Waals surface area contributed by atoms with Crippen molar-refractivity contribution in [3.8, 4) is 5.75 Å². The van der Waals surface area contributed by atoms with Gasteiger partial charge in [0.2, 0.25) is 0 Å². The van der Waals surface area contributed by atoms with Crippen LogP contribution in [0.1, 0.15) is 30.7 Å². The van der Waals surface area contributed by atoms with E-state index in [-0.39, 0.29) is 5.91 Å². The van der Waals surface area contributed by atoms with Crippen LogP contribution in [0.4, 0.5) is 5.69 Å². The average Bonchev–Trinajstić information content (AvgIpc) is 3.28. The van der Waals surface area contributed by atoms with Crippen molar-refractivity contribution in [1.82, 2.24) is 4.98 Å². The molecule has 0 saturated heterocycles. The molecule has 8 heteroatoms. The number of aryl methyl sites for hydroxylation is 1. The third-order valence-electron chi connectivity index (χ3n) is 3.43. The van der Waals surface area contributed by atoms with Gasteiger partial charge in [0.1, 0.15) is 17.2 Å². The molecule has 0 unspecified atom stereocenters. The molecule has 2 aromatic heterocycles. The molecule has 6 nitrogen and oxygen atoms in total. The fourth-order valence-corrected chi connectivity index (χ4v) is 3.57. The van der Waals surface area contributed by atoms with E-state index in [0.717, 1.165) is 10.7 Å². The number of amides is 1. The number of benzene rings is 1. The summed E-state index contributed by atoms with van der Waals surface area (Å²) < 4.78 is 10.4. The number of anilines is 1. The number of esters is 1. The fraction of sp³-hybridized carbons (Fsp3) is 0.167. The van der Waals surface area contributed by atoms with Crippen LogP contribution in [-0.4, -0.2) is 24.0 Å². The van der Waals surface area contributed by atoms with E-state index >= 15 is 0 Å². The second kappa shape index (κ2) is 8.11. The fourth-order valence-electron chi connectivity index (χ4n) is 2.21. The Morgan fingerprint density at radius 1 is 1.23 bits per heavy atom. The number of carbonyl (C=O) groups is 2. The van der Waals surface area contributed by atoms with E-state index in [2.05, 4.69) is 10.3 Å². The molecule has 0 saturated carbocycles. The summed E-state index contributed by atoms with van der Waals surface area (Å²) >= 11 is 2.77. The standard InChI is InChI=1S/C18H16N2O4S2/c1-11-19-13(10-26-11)9-24-14-5-3-4-12(8-14)17(21)20-15-6-7-25-16(15)18(22)23-2/h3-8,10H,9H2,1-2H3,(H,20,21). The predicted molar refractivity (Wildman–Crippen MR) is 101 cm³/mol. The minimum Gasteiger partial charge on any atom is -0.487 e. The molecule has 26 heavy (non-hydrogen) atoms. The number of thiazole rings is 1. The number of carbonyl (C=O) groups excluding carboxylic acids is 2. The van der Waals surface area contributed by atoms with Gasteiger partial charge in [-0.15, -0.1) is 22.7 Å². The van der Waals surface area contributed by atoms with Gasteiger partial charge in [-0.1, -0.05) is 6.07 Å². The summed E-state index contributed by atoms with van der Waals surface area (Å²) in [5, 5.41) is 7.37. The van der Waals surface area contributed by atoms with Gasteiger partial charge < -0.3 is 14.8 Å². The summed E-state index contributed by atoms with van der Waals surface area (Å²) in [7, 11) is 1.30. The minimum absolute atomic E-state index is 0.330. The SMILES string of the molecule is COC(=O)c1sccc1NC(=O)c1cccc(OCc2csc(C)n2)c1. The first kappa shape index (κ1) is 18.1. The van der Waals surface area contributed by atoms with Gasteiger partial charge in [-0.25, -0.2) is 9.78 Å². The first-order valence-electron chi connectivity index (χ1n) is 7.68. The molecule has 0 spiro atoms. The lowest BCUT2D eigenvalue weighted by Crippen LogP contribution is -2.14. The summed E-state index contributed by atoms with van der Waals surface area (Å²) in [5.74, 6) is -0.240. The Hall–Kier alpha value is -2.71. The number of ether oxygens (including phenoxy) is 2. The zero-order valence-electron chi connectivity index (χ0n) is 14.1. The maximum absolute atomic E-state index is 12.5. The van der Waals surface area contributed by atoms with E-state index in [1.54, 1.807) is 47.0 Å². The molecular formula is C18H16N2O4S2. The van der Waals surface area contributed by atoms with Crippen LogP contribution in [0.2, 0.25) is 0 Å². The maximum Gasteiger partial charge on any atom is 0.350 e. The molecule has 0 bridgehead atoms. The number of methoxy groups -OCH3 is 1. The number of nitrogens with one attached hydrogen (secondary N) is 1. The minimum atomic E-state index is -0.481. The number of rotatable bonds is 6. The van der Waals surface area contributed by atoms with Gasteiger partial charge in [0, 0.05) is 10.9 Å². The molecule has 0 aliphatic rings. The summed E-state index contributed by atoms with van der Waals surface area (Å²) in [5.41, 5.74) is 1.71. The molecule has 1 N–H and O–H groups in total. The molecule has 0 fully saturated rings. The van der Waals surface area contributed by atoms with Crippen LogP contribution in [0.15, 0.2) is 41.1 Å². The van der Waals surface area contributed by atoms with Crippen LogP contribution in [-0.2, 0) is 11.3 Å². The largest absolute Gasteiger partial charge is 0.487 e. The van der Waals surface area contributed by atoms with Crippen molar-refractivity contribution < 1.29 is 19.1 Å². The van der Waals surface area contributed by atoms with Crippen molar-refractivity contribution in [2.75, 3.05) is 12.4 Å². The number of aromatic nitrogens is 1. The van der Waals surface area contributed by atoms with Gasteiger partial charge >= 0.3 is 5.97 Å². The first-order chi connectivity index (χ1) is 12.6. The van der Waals surface area contributed by atoms with Crippen LogP contribution in [0.25, 0.3) is 0 Å². The Morgan fingerprint density at radius 2 is 2.08 bits per heavy atom. The van der Waals surface area contributed by atoms with Crippen LogP contribution < -0.4 is 10.1 Å². The number of nitrogens with zero attached hydrogens (tertiary/aromatic N) is 1. The summed E-state index contributed by atoms with van der Waals surface area (Å²) in [6.07, 6.45) is 0. The van der Waals surface area contributed by atoms with Crippen molar-refractivity contribution >= 4 is 40.2 Å². The van der Waals surface area contributed by atoms with E-state index < -0.39 is 5.97 Å². The lowest BCUT2D eigenvalue weighted by molar-refractivity contribution is 0.0607. The molecule has 1 amide bonds. The van der Waals surface area contributed by atoms with Crippen LogP contribution in [0.5, 0.6) is 5.75 Å². The van der Waals surface area contributed by atoms with Gasteiger partial charge in [0.15, 0.2) is 0 Å². The number of hydrogen-bond donors (Lipinski definition) is 1. The number of thiophene rings is 1. The van der Waals surface area contributed by atoms with Gasteiger partial charge in [0.05, 0.1) is 23.5 Å². The number of hydrogen-bond acceptors (Lipinski definition) is 7. The van der Waals surface area contributed by atoms with Crippen LogP contribution in [0, 0.1) is 6.92 Å². The van der Waals surface area contributed by atoms with E-state index in [9.17, 15) is 9.59 Å². The quantitative estimate of drug-likeness (QED) is 0.643. The lowest BCUT2D eigenvalue weighted by atomic mass is 10.2. The second-order valence-electron chi connectivity index (χ2n) is 5.28. The Labute approximate surface area is 158 Å². The van der Waals surface area contributed by atoms with Gasteiger partial charge in [0.25, 0.3) is 5.91 Å². The monoisotopic (exact) mass is 388 g/mol. The van der Waals surface area contributed by atoms with E-state index in [4.69, 9.17) is 9.47 Å².